The van der Waals surface area contributed by atoms with Gasteiger partial charge in [0.2, 0.25) is 5.91 Å². The van der Waals surface area contributed by atoms with Gasteiger partial charge in [0.1, 0.15) is 5.82 Å². The Hall–Kier alpha value is -2.35. The average molecular weight is 449 g/mol. The molecule has 2 aliphatic rings. The Balaban J connectivity index is 1.55. The van der Waals surface area contributed by atoms with Gasteiger partial charge in [0, 0.05) is 31.5 Å². The highest BCUT2D eigenvalue weighted by Crippen LogP contribution is 2.38. The van der Waals surface area contributed by atoms with E-state index in [0.29, 0.717) is 30.5 Å². The summed E-state index contributed by atoms with van der Waals surface area (Å²) in [6.45, 7) is 5.83. The van der Waals surface area contributed by atoms with Crippen LogP contribution in [-0.2, 0) is 11.3 Å². The van der Waals surface area contributed by atoms with Crippen LogP contribution in [0, 0.1) is 17.2 Å². The molecule has 4 rings (SSSR count). The molecule has 2 aliphatic carbocycles. The fraction of sp³-hybridized carbons (Fsp3) is 0.679. The zero-order valence-electron chi connectivity index (χ0n) is 20.6. The molecule has 2 aromatic rings. The second-order valence-electron chi connectivity index (χ2n) is 10.2. The molecule has 1 amide bonds. The first-order chi connectivity index (χ1) is 16.1. The van der Waals surface area contributed by atoms with Crippen molar-refractivity contribution >= 4 is 16.9 Å². The van der Waals surface area contributed by atoms with Crippen molar-refractivity contribution in [3.05, 3.63) is 29.6 Å². The van der Waals surface area contributed by atoms with Crippen molar-refractivity contribution < 1.29 is 4.79 Å². The van der Waals surface area contributed by atoms with Crippen LogP contribution in [0.5, 0.6) is 0 Å². The van der Waals surface area contributed by atoms with Crippen LogP contribution in [0.25, 0.3) is 11.0 Å². The minimum absolute atomic E-state index is 0.264. The third-order valence-electron chi connectivity index (χ3n) is 8.04. The second kappa shape index (κ2) is 11.2. The van der Waals surface area contributed by atoms with Crippen LogP contribution in [0.2, 0.25) is 0 Å². The topological polar surface area (TPSA) is 61.9 Å². The van der Waals surface area contributed by atoms with E-state index in [1.165, 1.54) is 57.8 Å². The number of hydrogen-bond acceptors (Lipinski definition) is 3. The number of rotatable bonds is 8. The molecule has 0 spiro atoms. The summed E-state index contributed by atoms with van der Waals surface area (Å²) in [4.78, 5) is 20.4. The maximum Gasteiger partial charge on any atom is 0.224 e. The molecule has 33 heavy (non-hydrogen) atoms. The summed E-state index contributed by atoms with van der Waals surface area (Å²) >= 11 is 0. The van der Waals surface area contributed by atoms with E-state index < -0.39 is 0 Å². The van der Waals surface area contributed by atoms with Crippen molar-refractivity contribution in [2.75, 3.05) is 6.54 Å². The molecule has 0 aliphatic heterocycles. The Morgan fingerprint density at radius 1 is 1.12 bits per heavy atom. The quantitative estimate of drug-likeness (QED) is 0.460. The van der Waals surface area contributed by atoms with E-state index in [2.05, 4.69) is 29.4 Å². The number of nitriles is 1. The van der Waals surface area contributed by atoms with Gasteiger partial charge < -0.3 is 9.47 Å². The van der Waals surface area contributed by atoms with Gasteiger partial charge in [0.05, 0.1) is 22.7 Å². The van der Waals surface area contributed by atoms with Crippen LogP contribution in [-0.4, -0.2) is 32.9 Å². The lowest BCUT2D eigenvalue weighted by molar-refractivity contribution is -0.134. The highest BCUT2D eigenvalue weighted by Gasteiger charge is 2.28. The number of benzene rings is 1. The van der Waals surface area contributed by atoms with Gasteiger partial charge in [0.25, 0.3) is 0 Å². The molecule has 178 valence electrons. The number of hydrogen-bond donors (Lipinski definition) is 0. The summed E-state index contributed by atoms with van der Waals surface area (Å²) in [5.41, 5.74) is 2.62. The number of amides is 1. The number of carbonyl (C=O) groups excluding carboxylic acids is 1. The average Bonchev–Trinajstić information content (AvgIpc) is 3.22. The van der Waals surface area contributed by atoms with Gasteiger partial charge in [-0.2, -0.15) is 5.26 Å². The largest absolute Gasteiger partial charge is 0.340 e. The predicted molar refractivity (Wildman–Crippen MR) is 133 cm³/mol. The Morgan fingerprint density at radius 2 is 1.88 bits per heavy atom. The zero-order chi connectivity index (χ0) is 23.2. The molecule has 2 fully saturated rings. The minimum atomic E-state index is 0.264. The number of aromatic nitrogens is 2. The zero-order valence-corrected chi connectivity index (χ0v) is 20.6. The molecule has 5 heteroatoms. The van der Waals surface area contributed by atoms with Crippen LogP contribution >= 0.6 is 0 Å². The van der Waals surface area contributed by atoms with E-state index >= 15 is 0 Å². The van der Waals surface area contributed by atoms with Gasteiger partial charge in [0.15, 0.2) is 0 Å². The Bertz CT molecular complexity index is 974. The van der Waals surface area contributed by atoms with Crippen molar-refractivity contribution in [1.29, 1.82) is 5.26 Å². The van der Waals surface area contributed by atoms with Crippen LogP contribution in [0.1, 0.15) is 108 Å². The standard InChI is InChI=1S/C28H40N4O/c1-3-8-21-11-14-23(15-12-21)28-30-25-16-13-22(20-29)19-26(25)32(28)18-17-27(33)31(4-2)24-9-6-5-7-10-24/h13,16,19,21,23-24H,3-12,14-15,17-18H2,1-2H3/t21-,23-. The van der Waals surface area contributed by atoms with Crippen molar-refractivity contribution in [2.45, 2.75) is 109 Å². The molecule has 0 saturated heterocycles. The molecule has 5 nitrogen and oxygen atoms in total. The van der Waals surface area contributed by atoms with E-state index in [0.717, 1.165) is 42.2 Å². The molecule has 0 atom stereocenters. The molecular weight excluding hydrogens is 408 g/mol. The fourth-order valence-corrected chi connectivity index (χ4v) is 6.26. The van der Waals surface area contributed by atoms with Crippen molar-refractivity contribution in [2.24, 2.45) is 5.92 Å². The van der Waals surface area contributed by atoms with Gasteiger partial charge in [-0.05, 0) is 69.6 Å². The lowest BCUT2D eigenvalue weighted by Gasteiger charge is -2.34. The smallest absolute Gasteiger partial charge is 0.224 e. The van der Waals surface area contributed by atoms with E-state index in [1.54, 1.807) is 0 Å². The molecule has 0 N–H and O–H groups in total. The molecule has 0 radical (unpaired) electrons. The summed E-state index contributed by atoms with van der Waals surface area (Å²) in [7, 11) is 0. The van der Waals surface area contributed by atoms with Crippen LogP contribution in [0.4, 0.5) is 0 Å². The van der Waals surface area contributed by atoms with E-state index in [4.69, 9.17) is 4.98 Å². The number of carbonyl (C=O) groups is 1. The number of imidazole rings is 1. The maximum atomic E-state index is 13.3. The fourth-order valence-electron chi connectivity index (χ4n) is 6.26. The predicted octanol–water partition coefficient (Wildman–Crippen LogP) is 6.55. The number of aryl methyl sites for hydroxylation is 1. The molecular formula is C28H40N4O. The number of fused-ring (bicyclic) bond motifs is 1. The summed E-state index contributed by atoms with van der Waals surface area (Å²) < 4.78 is 2.27. The summed E-state index contributed by atoms with van der Waals surface area (Å²) in [6.07, 6.45) is 14.1. The Morgan fingerprint density at radius 3 is 2.55 bits per heavy atom. The first kappa shape index (κ1) is 23.8. The van der Waals surface area contributed by atoms with Gasteiger partial charge in [-0.1, -0.05) is 39.0 Å². The van der Waals surface area contributed by atoms with Crippen LogP contribution in [0.3, 0.4) is 0 Å². The van der Waals surface area contributed by atoms with Gasteiger partial charge in [-0.3, -0.25) is 4.79 Å². The van der Waals surface area contributed by atoms with Crippen molar-refractivity contribution in [3.63, 3.8) is 0 Å². The van der Waals surface area contributed by atoms with E-state index in [9.17, 15) is 10.1 Å². The summed E-state index contributed by atoms with van der Waals surface area (Å²) in [5, 5.41) is 9.45. The SMILES string of the molecule is CCC[C@H]1CC[C@H](c2nc3ccc(C#N)cc3n2CCC(=O)N(CC)C2CCCCC2)CC1. The minimum Gasteiger partial charge on any atom is -0.340 e. The maximum absolute atomic E-state index is 13.3. The Kier molecular flexibility index (Phi) is 8.06. The van der Waals surface area contributed by atoms with Gasteiger partial charge in [-0.15, -0.1) is 0 Å². The van der Waals surface area contributed by atoms with Crippen LogP contribution < -0.4 is 0 Å². The first-order valence-corrected chi connectivity index (χ1v) is 13.3. The number of nitrogens with zero attached hydrogens (tertiary/aromatic N) is 4. The lowest BCUT2D eigenvalue weighted by Crippen LogP contribution is -2.41. The molecule has 0 bridgehead atoms. The van der Waals surface area contributed by atoms with Crippen LogP contribution in [0.15, 0.2) is 18.2 Å². The second-order valence-corrected chi connectivity index (χ2v) is 10.2. The van der Waals surface area contributed by atoms with Crippen molar-refractivity contribution in [3.8, 4) is 6.07 Å². The molecule has 0 unspecified atom stereocenters. The third-order valence-corrected chi connectivity index (χ3v) is 8.04. The van der Waals surface area contributed by atoms with Crippen molar-refractivity contribution in [1.82, 2.24) is 14.5 Å². The highest BCUT2D eigenvalue weighted by atomic mass is 16.2. The Labute approximate surface area is 199 Å². The highest BCUT2D eigenvalue weighted by molar-refractivity contribution is 5.79. The van der Waals surface area contributed by atoms with Gasteiger partial charge >= 0.3 is 0 Å². The molecule has 1 aromatic heterocycles. The van der Waals surface area contributed by atoms with E-state index in [-0.39, 0.29) is 5.91 Å². The van der Waals surface area contributed by atoms with Gasteiger partial charge in [-0.25, -0.2) is 4.98 Å². The first-order valence-electron chi connectivity index (χ1n) is 13.3. The monoisotopic (exact) mass is 448 g/mol. The molecule has 1 aromatic carbocycles. The lowest BCUT2D eigenvalue weighted by atomic mass is 9.79. The molecule has 1 heterocycles. The van der Waals surface area contributed by atoms with E-state index in [1.807, 2.05) is 18.2 Å². The summed E-state index contributed by atoms with van der Waals surface area (Å²) in [5.74, 6) is 2.69. The molecule has 2 saturated carbocycles. The third kappa shape index (κ3) is 5.42. The normalized spacial score (nSPS) is 21.7. The summed E-state index contributed by atoms with van der Waals surface area (Å²) in [6, 6.07) is 8.47.